The number of nitrogens with one attached hydrogen (secondary N) is 1. The van der Waals surface area contributed by atoms with Crippen LogP contribution >= 0.6 is 11.6 Å². The first kappa shape index (κ1) is 21.1. The van der Waals surface area contributed by atoms with Crippen molar-refractivity contribution in [3.63, 3.8) is 0 Å². The van der Waals surface area contributed by atoms with Crippen LogP contribution in [0.25, 0.3) is 0 Å². The van der Waals surface area contributed by atoms with Crippen molar-refractivity contribution in [3.8, 4) is 11.5 Å². The van der Waals surface area contributed by atoms with Gasteiger partial charge in [-0.3, -0.25) is 4.79 Å². The number of halogens is 1. The van der Waals surface area contributed by atoms with Crippen LogP contribution in [0.3, 0.4) is 0 Å². The third-order valence-electron chi connectivity index (χ3n) is 5.31. The molecule has 0 fully saturated rings. The van der Waals surface area contributed by atoms with Gasteiger partial charge in [0.1, 0.15) is 24.3 Å². The zero-order valence-corrected chi connectivity index (χ0v) is 18.4. The molecule has 0 saturated carbocycles. The normalized spacial score (nSPS) is 15.3. The predicted octanol–water partition coefficient (Wildman–Crippen LogP) is 5.90. The van der Waals surface area contributed by atoms with E-state index in [-0.39, 0.29) is 12.1 Å². The van der Waals surface area contributed by atoms with Gasteiger partial charge in [-0.2, -0.15) is 0 Å². The average Bonchev–Trinajstić information content (AvgIpc) is 2.80. The largest absolute Gasteiger partial charge is 0.496 e. The molecule has 1 heterocycles. The highest BCUT2D eigenvalue weighted by Gasteiger charge is 2.32. The molecule has 4 rings (SSSR count). The molecule has 0 bridgehead atoms. The lowest BCUT2D eigenvalue weighted by molar-refractivity contribution is 0.0683. The summed E-state index contributed by atoms with van der Waals surface area (Å²) in [6, 6.07) is 20.8. The van der Waals surface area contributed by atoms with E-state index in [4.69, 9.17) is 21.1 Å². The van der Waals surface area contributed by atoms with E-state index in [2.05, 4.69) is 12.2 Å². The standard InChI is InChI=1S/C25H25ClN2O3/c1-3-14-28-24(27-22-7-5-4-6-21(22)25(28)29)17-8-13-23(30-2)18(15-17)16-31-20-11-9-19(26)10-12-20/h4-13,15,24,27H,3,14,16H2,1-2H3. The fourth-order valence-electron chi connectivity index (χ4n) is 3.80. The van der Waals surface area contributed by atoms with Crippen molar-refractivity contribution < 1.29 is 14.3 Å². The number of hydrogen-bond acceptors (Lipinski definition) is 4. The van der Waals surface area contributed by atoms with Gasteiger partial charge in [0.15, 0.2) is 0 Å². The molecular formula is C25H25ClN2O3. The van der Waals surface area contributed by atoms with Crippen LogP contribution in [0.1, 0.15) is 41.0 Å². The summed E-state index contributed by atoms with van der Waals surface area (Å²) in [5, 5.41) is 4.20. The van der Waals surface area contributed by atoms with Gasteiger partial charge in [-0.1, -0.05) is 36.7 Å². The van der Waals surface area contributed by atoms with E-state index in [0.717, 1.165) is 34.7 Å². The number of para-hydroxylation sites is 1. The van der Waals surface area contributed by atoms with Gasteiger partial charge < -0.3 is 19.7 Å². The molecule has 31 heavy (non-hydrogen) atoms. The van der Waals surface area contributed by atoms with Gasteiger partial charge in [0.2, 0.25) is 0 Å². The molecule has 3 aromatic carbocycles. The highest BCUT2D eigenvalue weighted by atomic mass is 35.5. The maximum absolute atomic E-state index is 13.2. The highest BCUT2D eigenvalue weighted by Crippen LogP contribution is 2.35. The maximum Gasteiger partial charge on any atom is 0.257 e. The molecule has 5 nitrogen and oxygen atoms in total. The molecule has 3 aromatic rings. The number of benzene rings is 3. The summed E-state index contributed by atoms with van der Waals surface area (Å²) in [6.07, 6.45) is 0.608. The number of nitrogens with zero attached hydrogens (tertiary/aromatic N) is 1. The van der Waals surface area contributed by atoms with Crippen molar-refractivity contribution >= 4 is 23.2 Å². The summed E-state index contributed by atoms with van der Waals surface area (Å²) in [6.45, 7) is 3.07. The molecule has 160 valence electrons. The van der Waals surface area contributed by atoms with Gasteiger partial charge >= 0.3 is 0 Å². The summed E-state index contributed by atoms with van der Waals surface area (Å²) < 4.78 is 11.5. The van der Waals surface area contributed by atoms with E-state index in [1.807, 2.05) is 59.5 Å². The minimum absolute atomic E-state index is 0.0379. The van der Waals surface area contributed by atoms with Crippen LogP contribution in [0.15, 0.2) is 66.7 Å². The maximum atomic E-state index is 13.2. The number of fused-ring (bicyclic) bond motifs is 1. The molecule has 1 unspecified atom stereocenters. The Bertz CT molecular complexity index is 1070. The second kappa shape index (κ2) is 9.31. The van der Waals surface area contributed by atoms with Gasteiger partial charge in [-0.05, 0) is 60.5 Å². The molecular weight excluding hydrogens is 412 g/mol. The van der Waals surface area contributed by atoms with Crippen LogP contribution in [0, 0.1) is 0 Å². The first-order valence-corrected chi connectivity index (χ1v) is 10.7. The number of ether oxygens (including phenoxy) is 2. The minimum Gasteiger partial charge on any atom is -0.496 e. The topological polar surface area (TPSA) is 50.8 Å². The van der Waals surface area contributed by atoms with Gasteiger partial charge in [0, 0.05) is 22.8 Å². The fourth-order valence-corrected chi connectivity index (χ4v) is 3.93. The third kappa shape index (κ3) is 4.47. The number of methoxy groups -OCH3 is 1. The Morgan fingerprint density at radius 2 is 1.84 bits per heavy atom. The zero-order valence-electron chi connectivity index (χ0n) is 17.6. The van der Waals surface area contributed by atoms with Crippen molar-refractivity contribution in [1.82, 2.24) is 4.90 Å². The van der Waals surface area contributed by atoms with Gasteiger partial charge in [0.25, 0.3) is 5.91 Å². The van der Waals surface area contributed by atoms with Gasteiger partial charge in [0.05, 0.1) is 12.7 Å². The SMILES string of the molecule is CCCN1C(=O)c2ccccc2NC1c1ccc(OC)c(COc2ccc(Cl)cc2)c1. The lowest BCUT2D eigenvalue weighted by Crippen LogP contribution is -2.43. The quantitative estimate of drug-likeness (QED) is 0.500. The molecule has 0 spiro atoms. The van der Waals surface area contributed by atoms with E-state index in [0.29, 0.717) is 23.7 Å². The van der Waals surface area contributed by atoms with Crippen LogP contribution < -0.4 is 14.8 Å². The van der Waals surface area contributed by atoms with Crippen molar-refractivity contribution in [2.45, 2.75) is 26.1 Å². The molecule has 1 amide bonds. The molecule has 1 N–H and O–H groups in total. The first-order chi connectivity index (χ1) is 15.1. The Morgan fingerprint density at radius 1 is 1.06 bits per heavy atom. The number of rotatable bonds is 7. The zero-order chi connectivity index (χ0) is 21.8. The van der Waals surface area contributed by atoms with Gasteiger partial charge in [-0.15, -0.1) is 0 Å². The Kier molecular flexibility index (Phi) is 6.33. The molecule has 1 aliphatic rings. The van der Waals surface area contributed by atoms with E-state index in [9.17, 15) is 4.79 Å². The van der Waals surface area contributed by atoms with Crippen molar-refractivity contribution in [2.75, 3.05) is 19.0 Å². The monoisotopic (exact) mass is 436 g/mol. The Morgan fingerprint density at radius 3 is 2.58 bits per heavy atom. The van der Waals surface area contributed by atoms with Crippen LogP contribution in [0.5, 0.6) is 11.5 Å². The second-order valence-electron chi connectivity index (χ2n) is 7.40. The van der Waals surface area contributed by atoms with Crippen molar-refractivity contribution in [1.29, 1.82) is 0 Å². The fraction of sp³-hybridized carbons (Fsp3) is 0.240. The molecule has 1 aliphatic heterocycles. The summed E-state index contributed by atoms with van der Waals surface area (Å²) in [5.74, 6) is 1.50. The number of carbonyl (C=O) groups excluding carboxylic acids is 1. The molecule has 0 aromatic heterocycles. The Hall–Kier alpha value is -3.18. The summed E-state index contributed by atoms with van der Waals surface area (Å²) >= 11 is 5.96. The van der Waals surface area contributed by atoms with Crippen LogP contribution in [0.2, 0.25) is 5.02 Å². The summed E-state index contributed by atoms with van der Waals surface area (Å²) in [7, 11) is 1.64. The van der Waals surface area contributed by atoms with Crippen molar-refractivity contribution in [3.05, 3.63) is 88.4 Å². The lowest BCUT2D eigenvalue weighted by Gasteiger charge is -2.38. The van der Waals surface area contributed by atoms with Crippen molar-refractivity contribution in [2.24, 2.45) is 0 Å². The summed E-state index contributed by atoms with van der Waals surface area (Å²) in [4.78, 5) is 15.0. The average molecular weight is 437 g/mol. The van der Waals surface area contributed by atoms with Crippen LogP contribution in [0.4, 0.5) is 5.69 Å². The Balaban J connectivity index is 1.64. The van der Waals surface area contributed by atoms with E-state index in [1.165, 1.54) is 0 Å². The van der Waals surface area contributed by atoms with Crippen LogP contribution in [-0.2, 0) is 6.61 Å². The van der Waals surface area contributed by atoms with E-state index in [1.54, 1.807) is 19.2 Å². The number of anilines is 1. The third-order valence-corrected chi connectivity index (χ3v) is 5.57. The number of hydrogen-bond donors (Lipinski definition) is 1. The molecule has 1 atom stereocenters. The second-order valence-corrected chi connectivity index (χ2v) is 7.84. The van der Waals surface area contributed by atoms with E-state index >= 15 is 0 Å². The first-order valence-electron chi connectivity index (χ1n) is 10.3. The lowest BCUT2D eigenvalue weighted by atomic mass is 10.0. The smallest absolute Gasteiger partial charge is 0.257 e. The molecule has 0 saturated heterocycles. The minimum atomic E-state index is -0.262. The number of amides is 1. The summed E-state index contributed by atoms with van der Waals surface area (Å²) in [5.41, 5.74) is 3.43. The van der Waals surface area contributed by atoms with E-state index < -0.39 is 0 Å². The Labute approximate surface area is 187 Å². The number of carbonyl (C=O) groups is 1. The predicted molar refractivity (Wildman–Crippen MR) is 123 cm³/mol. The van der Waals surface area contributed by atoms with Crippen LogP contribution in [-0.4, -0.2) is 24.5 Å². The molecule has 0 radical (unpaired) electrons. The highest BCUT2D eigenvalue weighted by molar-refractivity contribution is 6.30. The molecule has 6 heteroatoms. The van der Waals surface area contributed by atoms with Gasteiger partial charge in [-0.25, -0.2) is 0 Å². The molecule has 0 aliphatic carbocycles.